The minimum Gasteiger partial charge on any atom is -0.399 e. The van der Waals surface area contributed by atoms with Gasteiger partial charge in [-0.05, 0) is 66.1 Å². The van der Waals surface area contributed by atoms with Crippen molar-refractivity contribution in [1.29, 1.82) is 0 Å². The maximum Gasteiger partial charge on any atom is 0.0851 e. The Kier molecular flexibility index (Phi) is 5.18. The summed E-state index contributed by atoms with van der Waals surface area (Å²) in [5.74, 6) is 0. The molecule has 0 saturated carbocycles. The van der Waals surface area contributed by atoms with Crippen LogP contribution in [0.1, 0.15) is 46.2 Å². The molecule has 0 radical (unpaired) electrons. The molecule has 176 valence electrons. The number of hydrogen-bond acceptors (Lipinski definition) is 6. The first-order chi connectivity index (χ1) is 15.9. The van der Waals surface area contributed by atoms with Crippen molar-refractivity contribution in [2.75, 3.05) is 37.9 Å². The molecular formula is C27H34N2O4. The Hall–Kier alpha value is -2.12. The van der Waals surface area contributed by atoms with Crippen molar-refractivity contribution in [2.45, 2.75) is 69.4 Å². The molecule has 0 amide bonds. The van der Waals surface area contributed by atoms with Crippen LogP contribution >= 0.6 is 0 Å². The Bertz CT molecular complexity index is 1050. The molecule has 4 heterocycles. The fraction of sp³-hybridized carbons (Fsp3) is 0.556. The fourth-order valence-corrected chi connectivity index (χ4v) is 5.67. The van der Waals surface area contributed by atoms with Crippen LogP contribution < -0.4 is 11.5 Å². The fourth-order valence-electron chi connectivity index (χ4n) is 5.67. The minimum atomic E-state index is -0.270. The van der Waals surface area contributed by atoms with Gasteiger partial charge in [-0.1, -0.05) is 18.2 Å². The van der Waals surface area contributed by atoms with E-state index in [1.807, 2.05) is 6.07 Å². The van der Waals surface area contributed by atoms with Crippen molar-refractivity contribution in [1.82, 2.24) is 0 Å². The molecule has 6 nitrogen and oxygen atoms in total. The Morgan fingerprint density at radius 3 is 1.94 bits per heavy atom. The van der Waals surface area contributed by atoms with Crippen LogP contribution in [0.25, 0.3) is 0 Å². The molecule has 6 heteroatoms. The van der Waals surface area contributed by atoms with Crippen LogP contribution in [0.5, 0.6) is 0 Å². The monoisotopic (exact) mass is 450 g/mol. The van der Waals surface area contributed by atoms with Gasteiger partial charge in [-0.3, -0.25) is 0 Å². The summed E-state index contributed by atoms with van der Waals surface area (Å²) in [6.07, 6.45) is 4.66. The van der Waals surface area contributed by atoms with Crippen LogP contribution in [0, 0.1) is 13.8 Å². The van der Waals surface area contributed by atoms with Gasteiger partial charge in [-0.15, -0.1) is 0 Å². The van der Waals surface area contributed by atoms with Gasteiger partial charge < -0.3 is 30.4 Å². The molecule has 0 aliphatic carbocycles. The lowest BCUT2D eigenvalue weighted by atomic mass is 9.65. The number of rotatable bonds is 10. The second-order valence-electron chi connectivity index (χ2n) is 10.3. The summed E-state index contributed by atoms with van der Waals surface area (Å²) in [6.45, 7) is 7.58. The van der Waals surface area contributed by atoms with Crippen LogP contribution in [0.4, 0.5) is 11.4 Å². The van der Waals surface area contributed by atoms with E-state index >= 15 is 0 Å². The molecule has 4 saturated heterocycles. The molecule has 2 aromatic carbocycles. The van der Waals surface area contributed by atoms with Gasteiger partial charge in [0, 0.05) is 29.6 Å². The second-order valence-corrected chi connectivity index (χ2v) is 10.3. The van der Waals surface area contributed by atoms with Crippen molar-refractivity contribution in [2.24, 2.45) is 0 Å². The largest absolute Gasteiger partial charge is 0.399 e. The van der Waals surface area contributed by atoms with E-state index in [9.17, 15) is 0 Å². The molecule has 0 bridgehead atoms. The first-order valence-corrected chi connectivity index (χ1v) is 12.2. The minimum absolute atomic E-state index is 0.250. The topological polar surface area (TPSA) is 102 Å². The molecule has 6 rings (SSSR count). The molecule has 4 unspecified atom stereocenters. The lowest BCUT2D eigenvalue weighted by molar-refractivity contribution is 0.298. The Morgan fingerprint density at radius 1 is 0.788 bits per heavy atom. The number of nitrogen functional groups attached to an aromatic ring is 2. The van der Waals surface area contributed by atoms with Crippen molar-refractivity contribution in [3.63, 3.8) is 0 Å². The second kappa shape index (κ2) is 7.98. The summed E-state index contributed by atoms with van der Waals surface area (Å²) in [5, 5.41) is 0. The Morgan fingerprint density at radius 2 is 1.36 bits per heavy atom. The van der Waals surface area contributed by atoms with E-state index < -0.39 is 0 Å². The van der Waals surface area contributed by atoms with Crippen molar-refractivity contribution in [3.05, 3.63) is 57.6 Å². The van der Waals surface area contributed by atoms with Crippen LogP contribution in [0.3, 0.4) is 0 Å². The summed E-state index contributed by atoms with van der Waals surface area (Å²) in [7, 11) is 0. The van der Waals surface area contributed by atoms with Gasteiger partial charge in [0.15, 0.2) is 0 Å². The third-order valence-electron chi connectivity index (χ3n) is 7.89. The van der Waals surface area contributed by atoms with Gasteiger partial charge in [0.2, 0.25) is 0 Å². The smallest absolute Gasteiger partial charge is 0.0851 e. The molecule has 4 fully saturated rings. The number of hydrogen-bond donors (Lipinski definition) is 2. The van der Waals surface area contributed by atoms with Crippen LogP contribution in [-0.2, 0) is 37.2 Å². The summed E-state index contributed by atoms with van der Waals surface area (Å²) in [6, 6.07) is 8.71. The van der Waals surface area contributed by atoms with Crippen molar-refractivity contribution in [3.8, 4) is 0 Å². The Balaban J connectivity index is 1.55. The average molecular weight is 451 g/mol. The highest BCUT2D eigenvalue weighted by Crippen LogP contribution is 2.50. The summed E-state index contributed by atoms with van der Waals surface area (Å²) in [4.78, 5) is 0. The van der Waals surface area contributed by atoms with Gasteiger partial charge >= 0.3 is 0 Å². The van der Waals surface area contributed by atoms with Gasteiger partial charge in [0.05, 0.1) is 50.8 Å². The molecule has 2 aromatic rings. The predicted molar refractivity (Wildman–Crippen MR) is 128 cm³/mol. The SMILES string of the molecule is Cc1c(N)cccc1C(CC1CO1)(CC1CO1)c1cc(CC2CO2)c(CC2CO2)c(N)c1C. The molecule has 0 aromatic heterocycles. The van der Waals surface area contributed by atoms with E-state index in [1.165, 1.54) is 22.3 Å². The quantitative estimate of drug-likeness (QED) is 0.426. The molecular weight excluding hydrogens is 416 g/mol. The van der Waals surface area contributed by atoms with Gasteiger partial charge in [0.1, 0.15) is 0 Å². The summed E-state index contributed by atoms with van der Waals surface area (Å²) < 4.78 is 22.8. The summed E-state index contributed by atoms with van der Waals surface area (Å²) in [5.41, 5.74) is 22.2. The normalized spacial score (nSPS) is 28.9. The molecule has 4 N–H and O–H groups in total. The lowest BCUT2D eigenvalue weighted by Crippen LogP contribution is -2.34. The van der Waals surface area contributed by atoms with Crippen molar-refractivity contribution >= 4 is 11.4 Å². The van der Waals surface area contributed by atoms with Crippen LogP contribution in [0.2, 0.25) is 0 Å². The first-order valence-electron chi connectivity index (χ1n) is 12.2. The van der Waals surface area contributed by atoms with Crippen LogP contribution in [0.15, 0.2) is 24.3 Å². The number of anilines is 2. The molecule has 0 spiro atoms. The van der Waals surface area contributed by atoms with E-state index in [1.54, 1.807) is 0 Å². The number of nitrogens with two attached hydrogens (primary N) is 2. The van der Waals surface area contributed by atoms with Gasteiger partial charge in [-0.2, -0.15) is 0 Å². The van der Waals surface area contributed by atoms with E-state index in [2.05, 4.69) is 32.0 Å². The Labute approximate surface area is 195 Å². The van der Waals surface area contributed by atoms with E-state index in [0.29, 0.717) is 6.10 Å². The van der Waals surface area contributed by atoms with E-state index in [-0.39, 0.29) is 23.7 Å². The number of benzene rings is 2. The zero-order chi connectivity index (χ0) is 22.7. The van der Waals surface area contributed by atoms with E-state index in [4.69, 9.17) is 30.4 Å². The molecule has 4 atom stereocenters. The highest BCUT2D eigenvalue weighted by molar-refractivity contribution is 5.65. The van der Waals surface area contributed by atoms with Gasteiger partial charge in [-0.25, -0.2) is 0 Å². The van der Waals surface area contributed by atoms with Gasteiger partial charge in [0.25, 0.3) is 0 Å². The predicted octanol–water partition coefficient (Wildman–Crippen LogP) is 3.21. The number of epoxide rings is 4. The molecule has 33 heavy (non-hydrogen) atoms. The first kappa shape index (κ1) is 21.4. The lowest BCUT2D eigenvalue weighted by Gasteiger charge is -2.38. The van der Waals surface area contributed by atoms with E-state index in [0.717, 1.165) is 74.6 Å². The molecule has 4 aliphatic heterocycles. The van der Waals surface area contributed by atoms with Crippen LogP contribution in [-0.4, -0.2) is 50.8 Å². The third-order valence-corrected chi connectivity index (χ3v) is 7.89. The molecule has 4 aliphatic rings. The highest BCUT2D eigenvalue weighted by atomic mass is 16.6. The number of ether oxygens (including phenoxy) is 4. The average Bonchev–Trinajstić information content (AvgIpc) is 3.61. The highest BCUT2D eigenvalue weighted by Gasteiger charge is 2.47. The standard InChI is InChI=1S/C27H34N2O4/c1-15-23(4-3-5-25(15)28)27(9-20-13-32-20,10-21-14-33-21)24-7-17(6-18-11-30-18)22(8-19-12-31-19)26(29)16(24)2/h3-5,7,18-21H,6,8-14,28-29H2,1-2H3. The van der Waals surface area contributed by atoms with Crippen molar-refractivity contribution < 1.29 is 18.9 Å². The maximum atomic E-state index is 6.91. The maximum absolute atomic E-state index is 6.91. The third kappa shape index (κ3) is 4.26. The zero-order valence-electron chi connectivity index (χ0n) is 19.6. The zero-order valence-corrected chi connectivity index (χ0v) is 19.6. The summed E-state index contributed by atoms with van der Waals surface area (Å²) >= 11 is 0.